The minimum Gasteiger partial charge on any atom is -0.394 e. The normalized spacial score (nSPS) is 31.1. The van der Waals surface area contributed by atoms with Gasteiger partial charge in [-0.3, -0.25) is 0 Å². The summed E-state index contributed by atoms with van der Waals surface area (Å²) in [6.45, 7) is 0.665. The standard InChI is InChI=1S/C21H24O6/c22-11-17-19(23-12-15-7-3-1-4-8-15)20-18(26-14-25-17)13-24-21(27-20)16-9-5-2-6-10-16/h1-10,17-22H,11-14H2/t17-,18-,19-,20-,21?/m1/s1. The fourth-order valence-corrected chi connectivity index (χ4v) is 3.41. The zero-order valence-electron chi connectivity index (χ0n) is 15.0. The highest BCUT2D eigenvalue weighted by atomic mass is 16.7. The molecule has 6 nitrogen and oxygen atoms in total. The van der Waals surface area contributed by atoms with Crippen molar-refractivity contribution in [2.75, 3.05) is 20.0 Å². The fraction of sp³-hybridized carbons (Fsp3) is 0.429. The molecule has 0 saturated carbocycles. The molecule has 1 N–H and O–H groups in total. The van der Waals surface area contributed by atoms with Crippen molar-refractivity contribution in [3.63, 3.8) is 0 Å². The topological polar surface area (TPSA) is 66.4 Å². The summed E-state index contributed by atoms with van der Waals surface area (Å²) < 4.78 is 29.6. The molecule has 0 amide bonds. The number of hydrogen-bond donors (Lipinski definition) is 1. The Morgan fingerprint density at radius 3 is 2.41 bits per heavy atom. The molecule has 2 heterocycles. The molecule has 2 aromatic carbocycles. The Kier molecular flexibility index (Phi) is 6.14. The van der Waals surface area contributed by atoms with Gasteiger partial charge in [0.25, 0.3) is 0 Å². The number of fused-ring (bicyclic) bond motifs is 1. The maximum absolute atomic E-state index is 9.81. The van der Waals surface area contributed by atoms with Crippen LogP contribution in [0.25, 0.3) is 0 Å². The summed E-state index contributed by atoms with van der Waals surface area (Å²) in [4.78, 5) is 0. The second-order valence-corrected chi connectivity index (χ2v) is 6.65. The van der Waals surface area contributed by atoms with E-state index < -0.39 is 24.6 Å². The summed E-state index contributed by atoms with van der Waals surface area (Å²) >= 11 is 0. The van der Waals surface area contributed by atoms with E-state index in [1.807, 2.05) is 60.7 Å². The molecule has 0 spiro atoms. The second-order valence-electron chi connectivity index (χ2n) is 6.65. The highest BCUT2D eigenvalue weighted by Crippen LogP contribution is 2.33. The molecule has 5 atom stereocenters. The van der Waals surface area contributed by atoms with Gasteiger partial charge in [-0.1, -0.05) is 60.7 Å². The van der Waals surface area contributed by atoms with Gasteiger partial charge in [0.15, 0.2) is 6.29 Å². The number of hydrogen-bond acceptors (Lipinski definition) is 6. The monoisotopic (exact) mass is 372 g/mol. The lowest BCUT2D eigenvalue weighted by Gasteiger charge is -2.39. The van der Waals surface area contributed by atoms with Gasteiger partial charge >= 0.3 is 0 Å². The minimum atomic E-state index is -0.529. The maximum Gasteiger partial charge on any atom is 0.184 e. The first-order valence-electron chi connectivity index (χ1n) is 9.17. The Bertz CT molecular complexity index is 688. The van der Waals surface area contributed by atoms with Gasteiger partial charge in [0.05, 0.1) is 19.8 Å². The van der Waals surface area contributed by atoms with Crippen LogP contribution in [0.4, 0.5) is 0 Å². The molecule has 2 saturated heterocycles. The van der Waals surface area contributed by atoms with Crippen LogP contribution >= 0.6 is 0 Å². The van der Waals surface area contributed by atoms with Crippen LogP contribution in [-0.2, 0) is 30.3 Å². The van der Waals surface area contributed by atoms with Crippen molar-refractivity contribution >= 4 is 0 Å². The lowest BCUT2D eigenvalue weighted by Crippen LogP contribution is -2.52. The van der Waals surface area contributed by atoms with Gasteiger partial charge in [0.1, 0.15) is 31.2 Å². The Morgan fingerprint density at radius 2 is 1.67 bits per heavy atom. The van der Waals surface area contributed by atoms with Crippen LogP contribution in [-0.4, -0.2) is 49.5 Å². The minimum absolute atomic E-state index is 0.0698. The maximum atomic E-state index is 9.81. The number of aliphatic hydroxyl groups excluding tert-OH is 1. The van der Waals surface area contributed by atoms with Crippen molar-refractivity contribution in [1.82, 2.24) is 0 Å². The summed E-state index contributed by atoms with van der Waals surface area (Å²) in [7, 11) is 0. The van der Waals surface area contributed by atoms with E-state index in [2.05, 4.69) is 0 Å². The van der Waals surface area contributed by atoms with E-state index in [0.717, 1.165) is 11.1 Å². The molecular formula is C21H24O6. The van der Waals surface area contributed by atoms with Gasteiger partial charge in [-0.05, 0) is 5.56 Å². The Labute approximate surface area is 158 Å². The third kappa shape index (κ3) is 4.38. The summed E-state index contributed by atoms with van der Waals surface area (Å²) in [5.74, 6) is 0. The smallest absolute Gasteiger partial charge is 0.184 e. The molecule has 27 heavy (non-hydrogen) atoms. The molecular weight excluding hydrogens is 348 g/mol. The SMILES string of the molecule is OC[C@H]1OCO[C@@H]2COC(c3ccccc3)O[C@H]2[C@@H]1OCc1ccccc1. The molecule has 0 aromatic heterocycles. The summed E-state index contributed by atoms with van der Waals surface area (Å²) in [5, 5.41) is 9.81. The van der Waals surface area contributed by atoms with Crippen LogP contribution < -0.4 is 0 Å². The average molecular weight is 372 g/mol. The molecule has 0 aliphatic carbocycles. The molecule has 2 aliphatic rings. The van der Waals surface area contributed by atoms with E-state index in [4.69, 9.17) is 23.7 Å². The molecule has 2 aromatic rings. The van der Waals surface area contributed by atoms with Crippen LogP contribution in [0.15, 0.2) is 60.7 Å². The number of ether oxygens (including phenoxy) is 5. The lowest BCUT2D eigenvalue weighted by molar-refractivity contribution is -0.284. The summed E-state index contributed by atoms with van der Waals surface area (Å²) in [6, 6.07) is 19.7. The summed E-state index contributed by atoms with van der Waals surface area (Å²) in [6.07, 6.45) is -2.23. The van der Waals surface area contributed by atoms with Crippen LogP contribution in [0.5, 0.6) is 0 Å². The Hall–Kier alpha value is -1.80. The molecule has 4 rings (SSSR count). The predicted molar refractivity (Wildman–Crippen MR) is 96.7 cm³/mol. The number of benzene rings is 2. The van der Waals surface area contributed by atoms with Crippen molar-refractivity contribution in [3.05, 3.63) is 71.8 Å². The van der Waals surface area contributed by atoms with E-state index in [1.54, 1.807) is 0 Å². The van der Waals surface area contributed by atoms with E-state index in [0.29, 0.717) is 13.2 Å². The highest BCUT2D eigenvalue weighted by Gasteiger charge is 2.45. The number of rotatable bonds is 5. The number of aliphatic hydroxyl groups is 1. The Morgan fingerprint density at radius 1 is 0.926 bits per heavy atom. The van der Waals surface area contributed by atoms with Gasteiger partial charge < -0.3 is 28.8 Å². The first kappa shape index (κ1) is 18.6. The molecule has 144 valence electrons. The molecule has 2 fully saturated rings. The van der Waals surface area contributed by atoms with E-state index >= 15 is 0 Å². The van der Waals surface area contributed by atoms with Gasteiger partial charge in [0.2, 0.25) is 0 Å². The third-order valence-electron chi connectivity index (χ3n) is 4.85. The van der Waals surface area contributed by atoms with Gasteiger partial charge in [-0.2, -0.15) is 0 Å². The summed E-state index contributed by atoms with van der Waals surface area (Å²) in [5.41, 5.74) is 1.98. The molecule has 0 bridgehead atoms. The fourth-order valence-electron chi connectivity index (χ4n) is 3.41. The van der Waals surface area contributed by atoms with Gasteiger partial charge in [-0.25, -0.2) is 0 Å². The van der Waals surface area contributed by atoms with Gasteiger partial charge in [0, 0.05) is 5.56 Å². The van der Waals surface area contributed by atoms with E-state index in [9.17, 15) is 5.11 Å². The van der Waals surface area contributed by atoms with Crippen LogP contribution in [0, 0.1) is 0 Å². The van der Waals surface area contributed by atoms with Crippen molar-refractivity contribution in [3.8, 4) is 0 Å². The Balaban J connectivity index is 1.53. The van der Waals surface area contributed by atoms with Gasteiger partial charge in [-0.15, -0.1) is 0 Å². The van der Waals surface area contributed by atoms with Crippen molar-refractivity contribution in [1.29, 1.82) is 0 Å². The third-order valence-corrected chi connectivity index (χ3v) is 4.85. The lowest BCUT2D eigenvalue weighted by atomic mass is 10.0. The first-order valence-corrected chi connectivity index (χ1v) is 9.17. The molecule has 1 unspecified atom stereocenters. The first-order chi connectivity index (χ1) is 13.3. The van der Waals surface area contributed by atoms with Crippen molar-refractivity contribution in [2.24, 2.45) is 0 Å². The van der Waals surface area contributed by atoms with E-state index in [1.165, 1.54) is 0 Å². The second kappa shape index (κ2) is 8.93. The van der Waals surface area contributed by atoms with Crippen LogP contribution in [0.1, 0.15) is 17.4 Å². The molecule has 0 radical (unpaired) electrons. The average Bonchev–Trinajstić information content (AvgIpc) is 2.92. The zero-order valence-corrected chi connectivity index (χ0v) is 15.0. The van der Waals surface area contributed by atoms with E-state index in [-0.39, 0.29) is 19.5 Å². The van der Waals surface area contributed by atoms with Crippen LogP contribution in [0.2, 0.25) is 0 Å². The zero-order chi connectivity index (χ0) is 18.5. The predicted octanol–water partition coefficient (Wildman–Crippen LogP) is 2.42. The van der Waals surface area contributed by atoms with Crippen molar-refractivity contribution in [2.45, 2.75) is 37.3 Å². The largest absolute Gasteiger partial charge is 0.394 e. The molecule has 6 heteroatoms. The van der Waals surface area contributed by atoms with Crippen molar-refractivity contribution < 1.29 is 28.8 Å². The quantitative estimate of drug-likeness (QED) is 0.870. The molecule has 2 aliphatic heterocycles. The highest BCUT2D eigenvalue weighted by molar-refractivity contribution is 5.17. The van der Waals surface area contributed by atoms with Crippen LogP contribution in [0.3, 0.4) is 0 Å².